The molecule has 2 nitrogen and oxygen atoms in total. The Kier molecular flexibility index (Phi) is 13.5. The Labute approximate surface area is 257 Å². The topological polar surface area (TPSA) is 40.5 Å². The first kappa shape index (κ1) is 35.3. The molecule has 2 N–H and O–H groups in total. The van der Waals surface area contributed by atoms with Crippen LogP contribution in [0.2, 0.25) is 0 Å². The van der Waals surface area contributed by atoms with Crippen molar-refractivity contribution >= 4 is 0 Å². The van der Waals surface area contributed by atoms with Gasteiger partial charge in [0.05, 0.1) is 12.2 Å². The molecule has 0 spiro atoms. The molecule has 2 aliphatic carbocycles. The molecule has 0 fully saturated rings. The van der Waals surface area contributed by atoms with Crippen LogP contribution in [-0.2, 0) is 0 Å². The van der Waals surface area contributed by atoms with E-state index in [1.54, 1.807) is 0 Å². The maximum atomic E-state index is 10.1. The zero-order chi connectivity index (χ0) is 31.5. The van der Waals surface area contributed by atoms with E-state index in [4.69, 9.17) is 0 Å². The van der Waals surface area contributed by atoms with Crippen LogP contribution < -0.4 is 0 Å². The smallest absolute Gasteiger partial charge is 0.0585 e. The lowest BCUT2D eigenvalue weighted by atomic mass is 9.71. The van der Waals surface area contributed by atoms with Crippen molar-refractivity contribution in [1.29, 1.82) is 0 Å². The van der Waals surface area contributed by atoms with Gasteiger partial charge in [-0.2, -0.15) is 0 Å². The lowest BCUT2D eigenvalue weighted by Crippen LogP contribution is -2.28. The van der Waals surface area contributed by atoms with E-state index in [0.717, 1.165) is 25.7 Å². The molecule has 0 aromatic heterocycles. The van der Waals surface area contributed by atoms with Crippen LogP contribution in [0.1, 0.15) is 94.9 Å². The monoisotopic (exact) mass is 568 g/mol. The second kappa shape index (κ2) is 16.1. The summed E-state index contributed by atoms with van der Waals surface area (Å²) in [5.74, 6) is 0. The average molecular weight is 569 g/mol. The molecule has 0 unspecified atom stereocenters. The number of hydrogen-bond donors (Lipinski definition) is 2. The van der Waals surface area contributed by atoms with Gasteiger partial charge >= 0.3 is 0 Å². The van der Waals surface area contributed by atoms with Crippen molar-refractivity contribution < 1.29 is 10.2 Å². The van der Waals surface area contributed by atoms with E-state index in [1.165, 1.54) is 44.6 Å². The molecule has 2 rings (SSSR count). The molecule has 0 aliphatic heterocycles. The third-order valence-corrected chi connectivity index (χ3v) is 8.24. The fourth-order valence-corrected chi connectivity index (χ4v) is 6.13. The highest BCUT2D eigenvalue weighted by molar-refractivity contribution is 5.39. The average Bonchev–Trinajstić information content (AvgIpc) is 2.84. The standard InChI is InChI=1S/C40H56O2/c1-29(17-13-19-31(3)21-23-37-33(5)25-35(41)27-39(37,7)8)15-11-12-16-30(2)18-14-20-32(4)22-24-38-34(6)26-36(42)28-40(38,9)10/h11-24,35-36,41-42H,25-28H2,1-10H3/b12-11+,17-13+,18-14+,23-21+,24-22+,29-15-,30-16-,31-19+,32-20+/t35-,36-/m1/s1. The molecule has 0 aromatic carbocycles. The minimum Gasteiger partial charge on any atom is -0.393 e. The largest absolute Gasteiger partial charge is 0.393 e. The van der Waals surface area contributed by atoms with Gasteiger partial charge < -0.3 is 10.2 Å². The second-order valence-electron chi connectivity index (χ2n) is 13.7. The summed E-state index contributed by atoms with van der Waals surface area (Å²) in [4.78, 5) is 0. The quantitative estimate of drug-likeness (QED) is 0.257. The summed E-state index contributed by atoms with van der Waals surface area (Å²) in [6, 6.07) is 0. The minimum atomic E-state index is -0.227. The first-order valence-corrected chi connectivity index (χ1v) is 15.5. The molecule has 0 radical (unpaired) electrons. The lowest BCUT2D eigenvalue weighted by molar-refractivity contribution is 0.116. The van der Waals surface area contributed by atoms with Gasteiger partial charge in [-0.15, -0.1) is 0 Å². The molecule has 0 amide bonds. The highest BCUT2D eigenvalue weighted by Crippen LogP contribution is 2.42. The van der Waals surface area contributed by atoms with Gasteiger partial charge in [0.15, 0.2) is 0 Å². The Morgan fingerprint density at radius 1 is 0.548 bits per heavy atom. The van der Waals surface area contributed by atoms with Crippen molar-refractivity contribution in [2.24, 2.45) is 10.8 Å². The maximum absolute atomic E-state index is 10.1. The Morgan fingerprint density at radius 2 is 0.857 bits per heavy atom. The predicted octanol–water partition coefficient (Wildman–Crippen LogP) is 10.5. The van der Waals surface area contributed by atoms with Crippen LogP contribution in [-0.4, -0.2) is 22.4 Å². The Balaban J connectivity index is 1.90. The van der Waals surface area contributed by atoms with E-state index in [1.807, 2.05) is 0 Å². The zero-order valence-electron chi connectivity index (χ0n) is 28.0. The number of aliphatic hydroxyl groups excluding tert-OH is 2. The molecule has 2 atom stereocenters. The summed E-state index contributed by atoms with van der Waals surface area (Å²) in [5, 5.41) is 20.2. The Hall–Kier alpha value is -2.94. The molecule has 228 valence electrons. The first-order chi connectivity index (χ1) is 19.6. The molecule has 0 saturated heterocycles. The van der Waals surface area contributed by atoms with Gasteiger partial charge in [0, 0.05) is 0 Å². The van der Waals surface area contributed by atoms with Crippen molar-refractivity contribution in [3.8, 4) is 0 Å². The molecular weight excluding hydrogens is 512 g/mol. The number of rotatable bonds is 10. The van der Waals surface area contributed by atoms with E-state index in [9.17, 15) is 10.2 Å². The fourth-order valence-electron chi connectivity index (χ4n) is 6.13. The van der Waals surface area contributed by atoms with E-state index < -0.39 is 0 Å². The van der Waals surface area contributed by atoms with Crippen molar-refractivity contribution in [2.45, 2.75) is 107 Å². The fraction of sp³-hybridized carbons (Fsp3) is 0.450. The Bertz CT molecular complexity index is 1190. The van der Waals surface area contributed by atoms with Crippen LogP contribution in [0.4, 0.5) is 0 Å². The zero-order valence-corrected chi connectivity index (χ0v) is 28.0. The van der Waals surface area contributed by atoms with E-state index in [-0.39, 0.29) is 23.0 Å². The highest BCUT2D eigenvalue weighted by atomic mass is 16.3. The summed E-state index contributed by atoms with van der Waals surface area (Å²) >= 11 is 0. The normalized spacial score (nSPS) is 25.0. The summed E-state index contributed by atoms with van der Waals surface area (Å²) in [6.45, 7) is 21.6. The lowest BCUT2D eigenvalue weighted by Gasteiger charge is -2.35. The van der Waals surface area contributed by atoms with Crippen molar-refractivity contribution in [2.75, 3.05) is 0 Å². The minimum absolute atomic E-state index is 0.00547. The summed E-state index contributed by atoms with van der Waals surface area (Å²) in [7, 11) is 0. The highest BCUT2D eigenvalue weighted by Gasteiger charge is 2.32. The van der Waals surface area contributed by atoms with Crippen LogP contribution in [0.25, 0.3) is 0 Å². The molecule has 2 heteroatoms. The summed E-state index contributed by atoms with van der Waals surface area (Å²) in [6.07, 6.45) is 32.6. The molecule has 0 aromatic rings. The van der Waals surface area contributed by atoms with Crippen molar-refractivity contribution in [3.63, 3.8) is 0 Å². The van der Waals surface area contributed by atoms with Gasteiger partial charge in [-0.05, 0) is 89.2 Å². The molecule has 0 saturated carbocycles. The predicted molar refractivity (Wildman–Crippen MR) is 184 cm³/mol. The van der Waals surface area contributed by atoms with E-state index in [2.05, 4.69) is 154 Å². The van der Waals surface area contributed by atoms with Gasteiger partial charge in [-0.1, -0.05) is 146 Å². The van der Waals surface area contributed by atoms with Gasteiger partial charge in [0.1, 0.15) is 0 Å². The first-order valence-electron chi connectivity index (χ1n) is 15.5. The number of allylic oxidation sites excluding steroid dienone is 20. The van der Waals surface area contributed by atoms with Crippen LogP contribution in [0, 0.1) is 10.8 Å². The van der Waals surface area contributed by atoms with Crippen molar-refractivity contribution in [3.05, 3.63) is 130 Å². The third-order valence-electron chi connectivity index (χ3n) is 8.24. The van der Waals surface area contributed by atoms with Crippen molar-refractivity contribution in [1.82, 2.24) is 0 Å². The molecule has 0 heterocycles. The van der Waals surface area contributed by atoms with Gasteiger partial charge in [-0.25, -0.2) is 0 Å². The van der Waals surface area contributed by atoms with Gasteiger partial charge in [0.25, 0.3) is 0 Å². The number of hydrogen-bond acceptors (Lipinski definition) is 2. The molecular formula is C40H56O2. The Morgan fingerprint density at radius 3 is 1.19 bits per heavy atom. The second-order valence-corrected chi connectivity index (χ2v) is 13.7. The van der Waals surface area contributed by atoms with Gasteiger partial charge in [-0.3, -0.25) is 0 Å². The van der Waals surface area contributed by atoms with Crippen LogP contribution in [0.15, 0.2) is 130 Å². The van der Waals surface area contributed by atoms with E-state index in [0.29, 0.717) is 0 Å². The van der Waals surface area contributed by atoms with Crippen LogP contribution in [0.5, 0.6) is 0 Å². The van der Waals surface area contributed by atoms with Crippen LogP contribution >= 0.6 is 0 Å². The molecule has 42 heavy (non-hydrogen) atoms. The number of aliphatic hydroxyl groups is 2. The summed E-state index contributed by atoms with van der Waals surface area (Å²) in [5.41, 5.74) is 10.1. The van der Waals surface area contributed by atoms with E-state index >= 15 is 0 Å². The summed E-state index contributed by atoms with van der Waals surface area (Å²) < 4.78 is 0. The van der Waals surface area contributed by atoms with Crippen LogP contribution in [0.3, 0.4) is 0 Å². The molecule has 0 bridgehead atoms. The third kappa shape index (κ3) is 11.7. The molecule has 2 aliphatic rings. The maximum Gasteiger partial charge on any atom is 0.0585 e. The van der Waals surface area contributed by atoms with Gasteiger partial charge in [0.2, 0.25) is 0 Å². The SMILES string of the molecule is CC1=C(/C=C/C(C)=C/C=C/C(C)=C\C=C\C=C(C)/C=C/C=C(C)/C=C/C2=C(C)C[C@@H](O)CC2(C)C)C(C)(C)C[C@H](O)C1.